The predicted molar refractivity (Wildman–Crippen MR) is 93.0 cm³/mol. The van der Waals surface area contributed by atoms with Crippen LogP contribution in [0.5, 0.6) is 0 Å². The fourth-order valence-corrected chi connectivity index (χ4v) is 4.71. The number of benzene rings is 1. The molecule has 1 atom stereocenters. The lowest BCUT2D eigenvalue weighted by atomic mass is 9.93. The summed E-state index contributed by atoms with van der Waals surface area (Å²) in [7, 11) is -3.47. The molecule has 2 aliphatic rings. The van der Waals surface area contributed by atoms with Crippen LogP contribution in [0, 0.1) is 12.8 Å². The molecule has 1 aliphatic carbocycles. The Hall–Kier alpha value is -1.66. The standard InChI is InChI=1S/C18H24N2O3S/c1-15-7-9-17(10-8-15)24(22,23)20-13-11-19(12-14-20)18(21)16-5-3-2-4-6-16/h2-3,7-10,16H,4-6,11-14H2,1H3/t16-/m0/s1. The summed E-state index contributed by atoms with van der Waals surface area (Å²) in [5.41, 5.74) is 1.03. The Bertz CT molecular complexity index is 717. The SMILES string of the molecule is Cc1ccc(S(=O)(=O)N2CCN(C(=O)[C@H]3CC=CCC3)CC2)cc1. The molecular weight excluding hydrogens is 324 g/mol. The smallest absolute Gasteiger partial charge is 0.243 e. The van der Waals surface area contributed by atoms with E-state index < -0.39 is 10.0 Å². The van der Waals surface area contributed by atoms with Gasteiger partial charge in [0.15, 0.2) is 0 Å². The summed E-state index contributed by atoms with van der Waals surface area (Å²) < 4.78 is 26.9. The predicted octanol–water partition coefficient (Wildman–Crippen LogP) is 2.18. The van der Waals surface area contributed by atoms with Crippen LogP contribution in [-0.4, -0.2) is 49.7 Å². The summed E-state index contributed by atoms with van der Waals surface area (Å²) in [4.78, 5) is 14.7. The first-order valence-corrected chi connectivity index (χ1v) is 9.93. The lowest BCUT2D eigenvalue weighted by molar-refractivity contribution is -0.137. The number of hydrogen-bond donors (Lipinski definition) is 0. The summed E-state index contributed by atoms with van der Waals surface area (Å²) in [5, 5.41) is 0. The molecule has 130 valence electrons. The van der Waals surface area contributed by atoms with Crippen LogP contribution in [0.4, 0.5) is 0 Å². The zero-order chi connectivity index (χ0) is 17.2. The van der Waals surface area contributed by atoms with Gasteiger partial charge in [-0.15, -0.1) is 0 Å². The van der Waals surface area contributed by atoms with Crippen LogP contribution in [0.1, 0.15) is 24.8 Å². The second kappa shape index (κ2) is 7.07. The molecule has 3 rings (SSSR count). The van der Waals surface area contributed by atoms with Crippen LogP contribution >= 0.6 is 0 Å². The van der Waals surface area contributed by atoms with Gasteiger partial charge in [-0.05, 0) is 38.3 Å². The van der Waals surface area contributed by atoms with Gasteiger partial charge in [-0.25, -0.2) is 8.42 Å². The molecule has 0 unspecified atom stereocenters. The van der Waals surface area contributed by atoms with Gasteiger partial charge in [-0.2, -0.15) is 4.31 Å². The van der Waals surface area contributed by atoms with Crippen molar-refractivity contribution >= 4 is 15.9 Å². The van der Waals surface area contributed by atoms with Crippen molar-refractivity contribution in [1.29, 1.82) is 0 Å². The third-order valence-electron chi connectivity index (χ3n) is 4.83. The molecule has 0 N–H and O–H groups in total. The van der Waals surface area contributed by atoms with Crippen LogP contribution < -0.4 is 0 Å². The molecule has 1 saturated heterocycles. The average molecular weight is 348 g/mol. The number of nitrogens with zero attached hydrogens (tertiary/aromatic N) is 2. The second-order valence-electron chi connectivity index (χ2n) is 6.52. The minimum Gasteiger partial charge on any atom is -0.340 e. The first-order chi connectivity index (χ1) is 11.5. The van der Waals surface area contributed by atoms with Gasteiger partial charge in [0.1, 0.15) is 0 Å². The first kappa shape index (κ1) is 17.2. The van der Waals surface area contributed by atoms with Crippen molar-refractivity contribution < 1.29 is 13.2 Å². The topological polar surface area (TPSA) is 57.7 Å². The molecule has 1 aromatic carbocycles. The van der Waals surface area contributed by atoms with Crippen LogP contribution in [0.25, 0.3) is 0 Å². The zero-order valence-corrected chi connectivity index (χ0v) is 14.8. The Labute approximate surface area is 144 Å². The van der Waals surface area contributed by atoms with Crippen molar-refractivity contribution in [3.8, 4) is 0 Å². The van der Waals surface area contributed by atoms with Crippen LogP contribution in [0.2, 0.25) is 0 Å². The van der Waals surface area contributed by atoms with Crippen molar-refractivity contribution in [2.75, 3.05) is 26.2 Å². The minimum atomic E-state index is -3.47. The Morgan fingerprint density at radius 2 is 1.71 bits per heavy atom. The molecule has 1 heterocycles. The largest absolute Gasteiger partial charge is 0.340 e. The van der Waals surface area contributed by atoms with Gasteiger partial charge in [-0.1, -0.05) is 29.8 Å². The number of piperazine rings is 1. The summed E-state index contributed by atoms with van der Waals surface area (Å²) in [5.74, 6) is 0.238. The molecule has 1 aromatic rings. The van der Waals surface area contributed by atoms with Crippen LogP contribution in [-0.2, 0) is 14.8 Å². The number of hydrogen-bond acceptors (Lipinski definition) is 3. The van der Waals surface area contributed by atoms with Crippen LogP contribution in [0.15, 0.2) is 41.3 Å². The molecule has 0 aromatic heterocycles. The highest BCUT2D eigenvalue weighted by molar-refractivity contribution is 7.89. The van der Waals surface area contributed by atoms with Crippen LogP contribution in [0.3, 0.4) is 0 Å². The van der Waals surface area contributed by atoms with Crippen molar-refractivity contribution in [1.82, 2.24) is 9.21 Å². The highest BCUT2D eigenvalue weighted by Gasteiger charge is 2.32. The minimum absolute atomic E-state index is 0.0651. The molecule has 24 heavy (non-hydrogen) atoms. The molecule has 0 bridgehead atoms. The maximum atomic E-state index is 12.7. The summed E-state index contributed by atoms with van der Waals surface area (Å²) in [6.07, 6.45) is 6.86. The molecule has 0 saturated carbocycles. The van der Waals surface area contributed by atoms with E-state index in [1.54, 1.807) is 12.1 Å². The number of carbonyl (C=O) groups is 1. The fraction of sp³-hybridized carbons (Fsp3) is 0.500. The normalized spacial score (nSPS) is 22.5. The number of aryl methyl sites for hydroxylation is 1. The molecule has 1 amide bonds. The number of allylic oxidation sites excluding steroid dienone is 2. The van der Waals surface area contributed by atoms with Crippen molar-refractivity contribution in [3.63, 3.8) is 0 Å². The Balaban J connectivity index is 1.63. The third kappa shape index (κ3) is 3.54. The lowest BCUT2D eigenvalue weighted by Crippen LogP contribution is -2.51. The van der Waals surface area contributed by atoms with E-state index in [0.29, 0.717) is 31.1 Å². The van der Waals surface area contributed by atoms with E-state index in [2.05, 4.69) is 12.2 Å². The van der Waals surface area contributed by atoms with Gasteiger partial charge in [-0.3, -0.25) is 4.79 Å². The van der Waals surface area contributed by atoms with E-state index in [4.69, 9.17) is 0 Å². The number of amides is 1. The van der Waals surface area contributed by atoms with Gasteiger partial charge in [0.25, 0.3) is 0 Å². The van der Waals surface area contributed by atoms with Gasteiger partial charge in [0, 0.05) is 32.1 Å². The van der Waals surface area contributed by atoms with Gasteiger partial charge >= 0.3 is 0 Å². The summed E-state index contributed by atoms with van der Waals surface area (Å²) in [6, 6.07) is 6.92. The van der Waals surface area contributed by atoms with Gasteiger partial charge in [0.2, 0.25) is 15.9 Å². The quantitative estimate of drug-likeness (QED) is 0.787. The maximum absolute atomic E-state index is 12.7. The molecule has 0 spiro atoms. The second-order valence-corrected chi connectivity index (χ2v) is 8.46. The monoisotopic (exact) mass is 348 g/mol. The molecule has 1 aliphatic heterocycles. The molecule has 6 heteroatoms. The first-order valence-electron chi connectivity index (χ1n) is 8.49. The molecular formula is C18H24N2O3S. The third-order valence-corrected chi connectivity index (χ3v) is 6.74. The van der Waals surface area contributed by atoms with Crippen molar-refractivity contribution in [2.45, 2.75) is 31.1 Å². The fourth-order valence-electron chi connectivity index (χ4n) is 3.28. The Kier molecular flexibility index (Phi) is 5.06. The maximum Gasteiger partial charge on any atom is 0.243 e. The number of rotatable bonds is 3. The highest BCUT2D eigenvalue weighted by atomic mass is 32.2. The van der Waals surface area contributed by atoms with Crippen molar-refractivity contribution in [2.24, 2.45) is 5.92 Å². The van der Waals surface area contributed by atoms with E-state index in [1.807, 2.05) is 24.0 Å². The lowest BCUT2D eigenvalue weighted by Gasteiger charge is -2.36. The number of sulfonamides is 1. The Morgan fingerprint density at radius 1 is 1.04 bits per heavy atom. The highest BCUT2D eigenvalue weighted by Crippen LogP contribution is 2.23. The molecule has 5 nitrogen and oxygen atoms in total. The van der Waals surface area contributed by atoms with E-state index in [0.717, 1.165) is 24.8 Å². The van der Waals surface area contributed by atoms with Gasteiger partial charge in [0.05, 0.1) is 4.90 Å². The van der Waals surface area contributed by atoms with E-state index in [1.165, 1.54) is 4.31 Å². The molecule has 1 fully saturated rings. The zero-order valence-electron chi connectivity index (χ0n) is 14.0. The average Bonchev–Trinajstić information content (AvgIpc) is 2.62. The van der Waals surface area contributed by atoms with E-state index in [-0.39, 0.29) is 11.8 Å². The molecule has 0 radical (unpaired) electrons. The Morgan fingerprint density at radius 3 is 2.29 bits per heavy atom. The summed E-state index contributed by atoms with van der Waals surface area (Å²) in [6.45, 7) is 3.62. The van der Waals surface area contributed by atoms with Gasteiger partial charge < -0.3 is 4.90 Å². The van der Waals surface area contributed by atoms with E-state index in [9.17, 15) is 13.2 Å². The van der Waals surface area contributed by atoms with Crippen molar-refractivity contribution in [3.05, 3.63) is 42.0 Å². The van der Waals surface area contributed by atoms with E-state index >= 15 is 0 Å². The summed E-state index contributed by atoms with van der Waals surface area (Å²) >= 11 is 0. The number of carbonyl (C=O) groups excluding carboxylic acids is 1.